The van der Waals surface area contributed by atoms with E-state index in [2.05, 4.69) is 11.8 Å². The van der Waals surface area contributed by atoms with Crippen LogP contribution in [0.4, 0.5) is 0 Å². The van der Waals surface area contributed by atoms with Gasteiger partial charge in [0.2, 0.25) is 0 Å². The summed E-state index contributed by atoms with van der Waals surface area (Å²) < 4.78 is 10.6. The van der Waals surface area contributed by atoms with E-state index < -0.39 is 0 Å². The zero-order valence-electron chi connectivity index (χ0n) is 10.2. The van der Waals surface area contributed by atoms with Gasteiger partial charge in [0.25, 0.3) is 0 Å². The van der Waals surface area contributed by atoms with Gasteiger partial charge in [-0.05, 0) is 18.6 Å². The first-order valence-corrected chi connectivity index (χ1v) is 5.50. The second-order valence-corrected chi connectivity index (χ2v) is 3.53. The lowest BCUT2D eigenvalue weighted by molar-refractivity contribution is 0.355. The van der Waals surface area contributed by atoms with Crippen molar-refractivity contribution < 1.29 is 9.47 Å². The summed E-state index contributed by atoms with van der Waals surface area (Å²) in [6.07, 6.45) is 2.31. The van der Waals surface area contributed by atoms with Crippen LogP contribution in [0.2, 0.25) is 0 Å². The highest BCUT2D eigenvalue weighted by Crippen LogP contribution is 2.32. The van der Waals surface area contributed by atoms with Gasteiger partial charge in [-0.2, -0.15) is 4.91 Å². The number of nitrogens with zero attached hydrogens (tertiary/aromatic N) is 1. The first-order chi connectivity index (χ1) is 8.26. The van der Waals surface area contributed by atoms with Crippen molar-refractivity contribution in [2.24, 2.45) is 5.18 Å². The largest absolute Gasteiger partial charge is 0.496 e. The van der Waals surface area contributed by atoms with Crippen molar-refractivity contribution in [2.75, 3.05) is 13.7 Å². The number of nitroso groups, excluding NO2 is 1. The van der Waals surface area contributed by atoms with E-state index in [-0.39, 0.29) is 6.04 Å². The Morgan fingerprint density at radius 3 is 2.82 bits per heavy atom. The molecule has 17 heavy (non-hydrogen) atoms. The van der Waals surface area contributed by atoms with Gasteiger partial charge in [0.15, 0.2) is 0 Å². The smallest absolute Gasteiger partial charge is 0.128 e. The fourth-order valence-electron chi connectivity index (χ4n) is 1.56. The van der Waals surface area contributed by atoms with Crippen LogP contribution in [0.5, 0.6) is 11.5 Å². The Hall–Kier alpha value is -1.84. The molecule has 0 fully saturated rings. The van der Waals surface area contributed by atoms with Gasteiger partial charge in [-0.1, -0.05) is 24.8 Å². The lowest BCUT2D eigenvalue weighted by Gasteiger charge is -2.13. The van der Waals surface area contributed by atoms with Crippen LogP contribution in [0.25, 0.3) is 0 Å². The van der Waals surface area contributed by atoms with Crippen LogP contribution in [0.15, 0.2) is 36.0 Å². The maximum Gasteiger partial charge on any atom is 0.128 e. The average molecular weight is 235 g/mol. The summed E-state index contributed by atoms with van der Waals surface area (Å²) in [7, 11) is 1.56. The molecule has 0 amide bonds. The monoisotopic (exact) mass is 235 g/mol. The van der Waals surface area contributed by atoms with E-state index in [0.29, 0.717) is 24.5 Å². The zero-order chi connectivity index (χ0) is 12.7. The van der Waals surface area contributed by atoms with Crippen LogP contribution in [-0.2, 0) is 0 Å². The minimum atomic E-state index is -0.376. The lowest BCUT2D eigenvalue weighted by Crippen LogP contribution is -1.99. The van der Waals surface area contributed by atoms with Crippen LogP contribution in [-0.4, -0.2) is 13.7 Å². The maximum atomic E-state index is 10.7. The fraction of sp³-hybridized carbons (Fsp3) is 0.385. The molecule has 0 aliphatic heterocycles. The number of rotatable bonds is 7. The van der Waals surface area contributed by atoms with Crippen LogP contribution in [0.3, 0.4) is 0 Å². The number of hydrogen-bond donors (Lipinski definition) is 0. The van der Waals surface area contributed by atoms with Crippen molar-refractivity contribution in [2.45, 2.75) is 19.4 Å². The Kier molecular flexibility index (Phi) is 5.20. The summed E-state index contributed by atoms with van der Waals surface area (Å²) >= 11 is 0. The van der Waals surface area contributed by atoms with Gasteiger partial charge in [0.1, 0.15) is 24.1 Å². The molecule has 0 aliphatic carbocycles. The van der Waals surface area contributed by atoms with E-state index in [0.717, 1.165) is 5.56 Å². The molecule has 1 aromatic rings. The lowest BCUT2D eigenvalue weighted by atomic mass is 10.0. The van der Waals surface area contributed by atoms with E-state index in [1.807, 2.05) is 13.0 Å². The number of benzene rings is 1. The summed E-state index contributed by atoms with van der Waals surface area (Å²) in [6, 6.07) is 4.99. The van der Waals surface area contributed by atoms with Crippen molar-refractivity contribution >= 4 is 0 Å². The third-order valence-corrected chi connectivity index (χ3v) is 2.45. The van der Waals surface area contributed by atoms with E-state index >= 15 is 0 Å². The molecule has 4 heteroatoms. The molecule has 0 aromatic heterocycles. The van der Waals surface area contributed by atoms with Gasteiger partial charge in [-0.25, -0.2) is 0 Å². The van der Waals surface area contributed by atoms with Crippen LogP contribution in [0, 0.1) is 4.91 Å². The highest BCUT2D eigenvalue weighted by molar-refractivity contribution is 5.42. The molecule has 1 rings (SSSR count). The van der Waals surface area contributed by atoms with Crippen molar-refractivity contribution in [3.05, 3.63) is 41.3 Å². The number of hydrogen-bond acceptors (Lipinski definition) is 4. The SMILES string of the molecule is C=CCOc1ccc(C(CC)N=O)c(OC)c1. The molecule has 4 nitrogen and oxygen atoms in total. The van der Waals surface area contributed by atoms with Gasteiger partial charge in [0.05, 0.1) is 7.11 Å². The molecule has 1 aromatic carbocycles. The van der Waals surface area contributed by atoms with Crippen molar-refractivity contribution in [3.63, 3.8) is 0 Å². The predicted molar refractivity (Wildman–Crippen MR) is 67.5 cm³/mol. The minimum Gasteiger partial charge on any atom is -0.496 e. The van der Waals surface area contributed by atoms with E-state index in [4.69, 9.17) is 9.47 Å². The summed E-state index contributed by atoms with van der Waals surface area (Å²) in [5.41, 5.74) is 0.788. The van der Waals surface area contributed by atoms with E-state index in [1.165, 1.54) is 0 Å². The van der Waals surface area contributed by atoms with Gasteiger partial charge >= 0.3 is 0 Å². The van der Waals surface area contributed by atoms with Gasteiger partial charge in [0, 0.05) is 11.6 Å². The Bertz CT molecular complexity index is 390. The first-order valence-electron chi connectivity index (χ1n) is 5.50. The maximum absolute atomic E-state index is 10.7. The molecule has 0 saturated heterocycles. The van der Waals surface area contributed by atoms with Crippen LogP contribution < -0.4 is 9.47 Å². The van der Waals surface area contributed by atoms with Crippen molar-refractivity contribution in [3.8, 4) is 11.5 Å². The van der Waals surface area contributed by atoms with Gasteiger partial charge in [-0.15, -0.1) is 0 Å². The fourth-order valence-corrected chi connectivity index (χ4v) is 1.56. The summed E-state index contributed by atoms with van der Waals surface area (Å²) in [5.74, 6) is 1.31. The molecule has 0 spiro atoms. The molecule has 92 valence electrons. The molecular weight excluding hydrogens is 218 g/mol. The molecule has 1 atom stereocenters. The van der Waals surface area contributed by atoms with Crippen LogP contribution in [0.1, 0.15) is 24.9 Å². The third-order valence-electron chi connectivity index (χ3n) is 2.45. The summed E-state index contributed by atoms with van der Waals surface area (Å²) in [4.78, 5) is 10.7. The zero-order valence-corrected chi connectivity index (χ0v) is 10.2. The quantitative estimate of drug-likeness (QED) is 0.537. The molecule has 0 aliphatic rings. The first kappa shape index (κ1) is 13.2. The minimum absolute atomic E-state index is 0.376. The Labute approximate surface area is 101 Å². The summed E-state index contributed by atoms with van der Waals surface area (Å²) in [5, 5.41) is 3.09. The molecule has 0 N–H and O–H groups in total. The van der Waals surface area contributed by atoms with E-state index in [1.54, 1.807) is 25.3 Å². The Balaban J connectivity index is 2.99. The highest BCUT2D eigenvalue weighted by atomic mass is 16.5. The second kappa shape index (κ2) is 6.68. The Morgan fingerprint density at radius 2 is 2.29 bits per heavy atom. The number of methoxy groups -OCH3 is 1. The Morgan fingerprint density at radius 1 is 1.53 bits per heavy atom. The standard InChI is InChI=1S/C13H17NO3/c1-4-8-17-10-6-7-11(12(5-2)14-15)13(9-10)16-3/h4,6-7,9,12H,1,5,8H2,2-3H3. The molecule has 0 radical (unpaired) electrons. The predicted octanol–water partition coefficient (Wildman–Crippen LogP) is 3.48. The van der Waals surface area contributed by atoms with Gasteiger partial charge in [-0.3, -0.25) is 0 Å². The topological polar surface area (TPSA) is 47.9 Å². The van der Waals surface area contributed by atoms with Crippen LogP contribution >= 0.6 is 0 Å². The van der Waals surface area contributed by atoms with Gasteiger partial charge < -0.3 is 9.47 Å². The second-order valence-electron chi connectivity index (χ2n) is 3.53. The number of ether oxygens (including phenoxy) is 2. The molecule has 0 saturated carbocycles. The van der Waals surface area contributed by atoms with Crippen molar-refractivity contribution in [1.82, 2.24) is 0 Å². The van der Waals surface area contributed by atoms with E-state index in [9.17, 15) is 4.91 Å². The highest BCUT2D eigenvalue weighted by Gasteiger charge is 2.15. The third kappa shape index (κ3) is 3.31. The molecule has 0 bridgehead atoms. The molecule has 1 unspecified atom stereocenters. The average Bonchev–Trinajstić information content (AvgIpc) is 2.38. The molecule has 0 heterocycles. The summed E-state index contributed by atoms with van der Waals surface area (Å²) in [6.45, 7) is 5.92. The normalized spacial score (nSPS) is 11.6. The van der Waals surface area contributed by atoms with Crippen molar-refractivity contribution in [1.29, 1.82) is 0 Å². The molecular formula is C13H17NO3.